The number of anilines is 1. The number of hydrogen-bond donors (Lipinski definition) is 2. The molecule has 1 rings (SSSR count). The molecule has 2 amide bonds. The van der Waals surface area contributed by atoms with Gasteiger partial charge in [0.05, 0.1) is 6.61 Å². The van der Waals surface area contributed by atoms with Gasteiger partial charge >= 0.3 is 6.03 Å². The lowest BCUT2D eigenvalue weighted by Crippen LogP contribution is -2.37. The van der Waals surface area contributed by atoms with Gasteiger partial charge in [0.25, 0.3) is 0 Å². The Morgan fingerprint density at radius 3 is 2.65 bits per heavy atom. The van der Waals surface area contributed by atoms with Crippen molar-refractivity contribution in [2.75, 3.05) is 25.0 Å². The first-order valence-corrected chi connectivity index (χ1v) is 7.00. The molecule has 0 radical (unpaired) electrons. The van der Waals surface area contributed by atoms with Gasteiger partial charge in [0.2, 0.25) is 0 Å². The molecule has 0 saturated carbocycles. The molecule has 112 valence electrons. The molecular formula is C15H23FN2O2. The number of hydrogen-bond acceptors (Lipinski definition) is 2. The van der Waals surface area contributed by atoms with Gasteiger partial charge in [0.15, 0.2) is 0 Å². The van der Waals surface area contributed by atoms with Crippen LogP contribution in [-0.2, 0) is 0 Å². The minimum Gasteiger partial charge on any atom is -0.395 e. The van der Waals surface area contributed by atoms with Gasteiger partial charge in [-0.3, -0.25) is 0 Å². The summed E-state index contributed by atoms with van der Waals surface area (Å²) < 4.78 is 13.3. The molecule has 5 heteroatoms. The molecule has 0 aliphatic carbocycles. The van der Waals surface area contributed by atoms with E-state index in [0.29, 0.717) is 12.2 Å². The highest BCUT2D eigenvalue weighted by Gasteiger charge is 2.13. The second-order valence-corrected chi connectivity index (χ2v) is 4.87. The Morgan fingerprint density at radius 1 is 1.30 bits per heavy atom. The van der Waals surface area contributed by atoms with E-state index in [-0.39, 0.29) is 25.0 Å². The van der Waals surface area contributed by atoms with Gasteiger partial charge in [-0.05, 0) is 37.1 Å². The maximum absolute atomic E-state index is 13.3. The van der Waals surface area contributed by atoms with E-state index in [4.69, 9.17) is 5.11 Å². The van der Waals surface area contributed by atoms with E-state index < -0.39 is 0 Å². The fraction of sp³-hybridized carbons (Fsp3) is 0.533. The van der Waals surface area contributed by atoms with Crippen LogP contribution in [0.1, 0.15) is 31.7 Å². The van der Waals surface area contributed by atoms with Crippen molar-refractivity contribution in [3.05, 3.63) is 29.6 Å². The molecule has 0 fully saturated rings. The van der Waals surface area contributed by atoms with Crippen LogP contribution in [0.5, 0.6) is 0 Å². The van der Waals surface area contributed by atoms with Gasteiger partial charge in [-0.25, -0.2) is 9.18 Å². The lowest BCUT2D eigenvalue weighted by molar-refractivity contribution is 0.187. The fourth-order valence-corrected chi connectivity index (χ4v) is 2.00. The lowest BCUT2D eigenvalue weighted by atomic mass is 10.2. The van der Waals surface area contributed by atoms with Crippen LogP contribution in [0.4, 0.5) is 14.9 Å². The summed E-state index contributed by atoms with van der Waals surface area (Å²) in [4.78, 5) is 13.7. The summed E-state index contributed by atoms with van der Waals surface area (Å²) in [5.41, 5.74) is 1.19. The molecule has 0 spiro atoms. The molecule has 0 heterocycles. The molecule has 0 aliphatic heterocycles. The smallest absolute Gasteiger partial charge is 0.321 e. The van der Waals surface area contributed by atoms with Crippen LogP contribution in [0.2, 0.25) is 0 Å². The molecule has 0 atom stereocenters. The summed E-state index contributed by atoms with van der Waals surface area (Å²) >= 11 is 0. The summed E-state index contributed by atoms with van der Waals surface area (Å²) in [5.74, 6) is -0.375. The highest BCUT2D eigenvalue weighted by molar-refractivity contribution is 5.89. The van der Waals surface area contributed by atoms with E-state index in [2.05, 4.69) is 12.2 Å². The SMILES string of the molecule is CCCCCN(CCO)C(=O)Nc1cc(C)cc(F)c1. The first-order chi connectivity index (χ1) is 9.56. The molecule has 4 nitrogen and oxygen atoms in total. The van der Waals surface area contributed by atoms with Crippen molar-refractivity contribution in [1.29, 1.82) is 0 Å². The van der Waals surface area contributed by atoms with Crippen LogP contribution in [0, 0.1) is 12.7 Å². The highest BCUT2D eigenvalue weighted by Crippen LogP contribution is 2.14. The third kappa shape index (κ3) is 5.57. The number of rotatable bonds is 7. The van der Waals surface area contributed by atoms with Crippen LogP contribution in [0.15, 0.2) is 18.2 Å². The first kappa shape index (κ1) is 16.4. The number of aryl methyl sites for hydroxylation is 1. The molecule has 0 aromatic heterocycles. The Hall–Kier alpha value is -1.62. The molecule has 2 N–H and O–H groups in total. The van der Waals surface area contributed by atoms with Crippen molar-refractivity contribution in [2.45, 2.75) is 33.1 Å². The van der Waals surface area contributed by atoms with Gasteiger partial charge in [-0.15, -0.1) is 0 Å². The molecule has 1 aromatic carbocycles. The van der Waals surface area contributed by atoms with Crippen molar-refractivity contribution in [3.8, 4) is 0 Å². The van der Waals surface area contributed by atoms with E-state index in [1.807, 2.05) is 0 Å². The third-order valence-electron chi connectivity index (χ3n) is 2.98. The van der Waals surface area contributed by atoms with Gasteiger partial charge in [-0.2, -0.15) is 0 Å². The van der Waals surface area contributed by atoms with E-state index in [0.717, 1.165) is 24.8 Å². The number of carbonyl (C=O) groups excluding carboxylic acids is 1. The summed E-state index contributed by atoms with van der Waals surface area (Å²) in [6.45, 7) is 4.65. The largest absolute Gasteiger partial charge is 0.395 e. The van der Waals surface area contributed by atoms with Crippen LogP contribution in [0.3, 0.4) is 0 Å². The van der Waals surface area contributed by atoms with Crippen LogP contribution < -0.4 is 5.32 Å². The topological polar surface area (TPSA) is 52.6 Å². The van der Waals surface area contributed by atoms with E-state index in [1.165, 1.54) is 12.1 Å². The number of aliphatic hydroxyl groups excluding tert-OH is 1. The van der Waals surface area contributed by atoms with Crippen LogP contribution in [-0.4, -0.2) is 35.7 Å². The molecule has 1 aromatic rings. The second kappa shape index (κ2) is 8.53. The summed E-state index contributed by atoms with van der Waals surface area (Å²) in [7, 11) is 0. The molecule has 0 saturated heterocycles. The van der Waals surface area contributed by atoms with Crippen molar-refractivity contribution >= 4 is 11.7 Å². The van der Waals surface area contributed by atoms with Gasteiger partial charge in [0, 0.05) is 18.8 Å². The van der Waals surface area contributed by atoms with Crippen molar-refractivity contribution < 1.29 is 14.3 Å². The second-order valence-electron chi connectivity index (χ2n) is 4.87. The van der Waals surface area contributed by atoms with E-state index in [9.17, 15) is 9.18 Å². The number of halogens is 1. The number of benzene rings is 1. The molecule has 0 bridgehead atoms. The Kier molecular flexibility index (Phi) is 7.01. The zero-order valence-electron chi connectivity index (χ0n) is 12.2. The minimum absolute atomic E-state index is 0.0816. The number of aliphatic hydroxyl groups is 1. The van der Waals surface area contributed by atoms with Crippen molar-refractivity contribution in [3.63, 3.8) is 0 Å². The number of urea groups is 1. The zero-order chi connectivity index (χ0) is 15.0. The predicted octanol–water partition coefficient (Wildman–Crippen LogP) is 3.15. The Morgan fingerprint density at radius 2 is 2.05 bits per heavy atom. The fourth-order valence-electron chi connectivity index (χ4n) is 2.00. The van der Waals surface area contributed by atoms with Crippen LogP contribution in [0.25, 0.3) is 0 Å². The number of nitrogens with zero attached hydrogens (tertiary/aromatic N) is 1. The molecule has 20 heavy (non-hydrogen) atoms. The van der Waals surface area contributed by atoms with Crippen molar-refractivity contribution in [1.82, 2.24) is 4.90 Å². The monoisotopic (exact) mass is 282 g/mol. The van der Waals surface area contributed by atoms with Gasteiger partial charge in [-0.1, -0.05) is 19.8 Å². The average molecular weight is 282 g/mol. The van der Waals surface area contributed by atoms with Crippen LogP contribution >= 0.6 is 0 Å². The Bertz CT molecular complexity index is 418. The number of nitrogens with one attached hydrogen (secondary N) is 1. The number of unbranched alkanes of at least 4 members (excludes halogenated alkanes) is 2. The van der Waals surface area contributed by atoms with Crippen molar-refractivity contribution in [2.24, 2.45) is 0 Å². The van der Waals surface area contributed by atoms with E-state index >= 15 is 0 Å². The van der Waals surface area contributed by atoms with E-state index in [1.54, 1.807) is 17.9 Å². The molecular weight excluding hydrogens is 259 g/mol. The maximum Gasteiger partial charge on any atom is 0.321 e. The molecule has 0 aliphatic rings. The third-order valence-corrected chi connectivity index (χ3v) is 2.98. The predicted molar refractivity (Wildman–Crippen MR) is 78.3 cm³/mol. The normalized spacial score (nSPS) is 10.4. The summed E-state index contributed by atoms with van der Waals surface area (Å²) in [6.07, 6.45) is 3.00. The molecule has 0 unspecified atom stereocenters. The van der Waals surface area contributed by atoms with Gasteiger partial charge < -0.3 is 15.3 Å². The standard InChI is InChI=1S/C15H23FN2O2/c1-3-4-5-6-18(7-8-19)15(20)17-14-10-12(2)9-13(16)11-14/h9-11,19H,3-8H2,1-2H3,(H,17,20). The minimum atomic E-state index is -0.375. The maximum atomic E-state index is 13.3. The first-order valence-electron chi connectivity index (χ1n) is 7.00. The summed E-state index contributed by atoms with van der Waals surface area (Å²) in [6, 6.07) is 4.10. The summed E-state index contributed by atoms with van der Waals surface area (Å²) in [5, 5.41) is 11.7. The van der Waals surface area contributed by atoms with Gasteiger partial charge in [0.1, 0.15) is 5.82 Å². The average Bonchev–Trinajstić information content (AvgIpc) is 2.36. The number of amides is 2. The quantitative estimate of drug-likeness (QED) is 0.755. The Balaban J connectivity index is 2.64. The lowest BCUT2D eigenvalue weighted by Gasteiger charge is -2.22. The Labute approximate surface area is 119 Å². The highest BCUT2D eigenvalue weighted by atomic mass is 19.1. The number of carbonyl (C=O) groups is 1. The zero-order valence-corrected chi connectivity index (χ0v) is 12.2.